The van der Waals surface area contributed by atoms with Crippen molar-refractivity contribution in [2.45, 2.75) is 25.7 Å². The molecule has 0 fully saturated rings. The van der Waals surface area contributed by atoms with E-state index in [-0.39, 0.29) is 5.91 Å². The molecule has 2 amide bonds. The van der Waals surface area contributed by atoms with E-state index in [2.05, 4.69) is 5.32 Å². The number of ether oxygens (including phenoxy) is 1. The first-order valence-corrected chi connectivity index (χ1v) is 6.56. The van der Waals surface area contributed by atoms with Crippen LogP contribution in [0.1, 0.15) is 36.0 Å². The normalized spacial score (nSPS) is 10.1. The molecule has 0 unspecified atom stereocenters. The zero-order valence-corrected chi connectivity index (χ0v) is 11.6. The van der Waals surface area contributed by atoms with E-state index < -0.39 is 5.91 Å². The lowest BCUT2D eigenvalue weighted by Crippen LogP contribution is -2.15. The standard InChI is InChI=1S/C14H21N3O3/c1-20-12-7-6-10(14(16)19)9-11(12)17-13(18)5-3-2-4-8-15/h6-7,9H,2-5,8,15H2,1H3,(H2,16,19)(H,17,18). The van der Waals surface area contributed by atoms with Gasteiger partial charge in [-0.1, -0.05) is 6.42 Å². The Morgan fingerprint density at radius 1 is 1.25 bits per heavy atom. The van der Waals surface area contributed by atoms with Crippen molar-refractivity contribution in [3.63, 3.8) is 0 Å². The minimum absolute atomic E-state index is 0.123. The fourth-order valence-corrected chi connectivity index (χ4v) is 1.78. The highest BCUT2D eigenvalue weighted by molar-refractivity contribution is 5.97. The predicted molar refractivity (Wildman–Crippen MR) is 77.7 cm³/mol. The number of carbonyl (C=O) groups is 2. The first-order valence-electron chi connectivity index (χ1n) is 6.56. The maximum Gasteiger partial charge on any atom is 0.248 e. The van der Waals surface area contributed by atoms with Crippen molar-refractivity contribution in [2.24, 2.45) is 11.5 Å². The van der Waals surface area contributed by atoms with Gasteiger partial charge in [-0.25, -0.2) is 0 Å². The van der Waals surface area contributed by atoms with Gasteiger partial charge in [0.25, 0.3) is 0 Å². The van der Waals surface area contributed by atoms with E-state index in [9.17, 15) is 9.59 Å². The van der Waals surface area contributed by atoms with Crippen LogP contribution in [-0.2, 0) is 4.79 Å². The van der Waals surface area contributed by atoms with Crippen LogP contribution in [0.4, 0.5) is 5.69 Å². The van der Waals surface area contributed by atoms with Crippen LogP contribution in [0.2, 0.25) is 0 Å². The number of primary amides is 1. The third-order valence-corrected chi connectivity index (χ3v) is 2.87. The Hall–Kier alpha value is -2.08. The molecular formula is C14H21N3O3. The monoisotopic (exact) mass is 279 g/mol. The van der Waals surface area contributed by atoms with Gasteiger partial charge >= 0.3 is 0 Å². The number of rotatable bonds is 8. The summed E-state index contributed by atoms with van der Waals surface area (Å²) in [6.45, 7) is 0.635. The van der Waals surface area contributed by atoms with Gasteiger partial charge in [-0.2, -0.15) is 0 Å². The van der Waals surface area contributed by atoms with E-state index in [4.69, 9.17) is 16.2 Å². The van der Waals surface area contributed by atoms with Crippen LogP contribution in [0.25, 0.3) is 0 Å². The number of nitrogens with two attached hydrogens (primary N) is 2. The van der Waals surface area contributed by atoms with E-state index in [1.54, 1.807) is 12.1 Å². The van der Waals surface area contributed by atoms with E-state index in [0.717, 1.165) is 19.3 Å². The molecule has 6 heteroatoms. The van der Waals surface area contributed by atoms with Gasteiger partial charge in [-0.15, -0.1) is 0 Å². The van der Waals surface area contributed by atoms with Gasteiger partial charge in [0.05, 0.1) is 12.8 Å². The van der Waals surface area contributed by atoms with Crippen LogP contribution in [0.15, 0.2) is 18.2 Å². The second-order valence-corrected chi connectivity index (χ2v) is 4.43. The molecular weight excluding hydrogens is 258 g/mol. The molecule has 0 radical (unpaired) electrons. The summed E-state index contributed by atoms with van der Waals surface area (Å²) < 4.78 is 5.14. The topological polar surface area (TPSA) is 107 Å². The molecule has 20 heavy (non-hydrogen) atoms. The Morgan fingerprint density at radius 3 is 2.60 bits per heavy atom. The lowest BCUT2D eigenvalue weighted by molar-refractivity contribution is -0.116. The number of carbonyl (C=O) groups excluding carboxylic acids is 2. The van der Waals surface area contributed by atoms with Crippen molar-refractivity contribution >= 4 is 17.5 Å². The zero-order chi connectivity index (χ0) is 15.0. The summed E-state index contributed by atoms with van der Waals surface area (Å²) in [4.78, 5) is 23.0. The number of hydrogen-bond donors (Lipinski definition) is 3. The lowest BCUT2D eigenvalue weighted by atomic mass is 10.1. The summed E-state index contributed by atoms with van der Waals surface area (Å²) in [6, 6.07) is 4.67. The molecule has 110 valence electrons. The second kappa shape index (κ2) is 8.16. The Labute approximate surface area is 118 Å². The highest BCUT2D eigenvalue weighted by Crippen LogP contribution is 2.25. The SMILES string of the molecule is COc1ccc(C(N)=O)cc1NC(=O)CCCCCN. The zero-order valence-electron chi connectivity index (χ0n) is 11.6. The number of nitrogens with one attached hydrogen (secondary N) is 1. The van der Waals surface area contributed by atoms with Gasteiger partial charge in [0.15, 0.2) is 0 Å². The number of amides is 2. The molecule has 0 aliphatic rings. The minimum Gasteiger partial charge on any atom is -0.495 e. The highest BCUT2D eigenvalue weighted by atomic mass is 16.5. The van der Waals surface area contributed by atoms with Gasteiger partial charge < -0.3 is 21.5 Å². The van der Waals surface area contributed by atoms with E-state index in [1.165, 1.54) is 13.2 Å². The number of unbranched alkanes of at least 4 members (excludes halogenated alkanes) is 2. The van der Waals surface area contributed by atoms with Crippen molar-refractivity contribution in [2.75, 3.05) is 19.0 Å². The van der Waals surface area contributed by atoms with Crippen LogP contribution < -0.4 is 21.5 Å². The molecule has 0 aromatic heterocycles. The number of benzene rings is 1. The Kier molecular flexibility index (Phi) is 6.52. The molecule has 0 saturated carbocycles. The molecule has 1 rings (SSSR count). The summed E-state index contributed by atoms with van der Waals surface area (Å²) in [7, 11) is 1.50. The summed E-state index contributed by atoms with van der Waals surface area (Å²) >= 11 is 0. The third kappa shape index (κ3) is 4.89. The molecule has 1 aromatic rings. The number of anilines is 1. The molecule has 6 nitrogen and oxygen atoms in total. The third-order valence-electron chi connectivity index (χ3n) is 2.87. The molecule has 0 heterocycles. The van der Waals surface area contributed by atoms with Gasteiger partial charge in [0.2, 0.25) is 11.8 Å². The van der Waals surface area contributed by atoms with E-state index >= 15 is 0 Å². The predicted octanol–water partition coefficient (Wildman–Crippen LogP) is 1.25. The molecule has 0 atom stereocenters. The largest absolute Gasteiger partial charge is 0.495 e. The van der Waals surface area contributed by atoms with Crippen LogP contribution >= 0.6 is 0 Å². The van der Waals surface area contributed by atoms with Crippen LogP contribution in [0.3, 0.4) is 0 Å². The Morgan fingerprint density at radius 2 is 2.00 bits per heavy atom. The summed E-state index contributed by atoms with van der Waals surface area (Å²) in [5.74, 6) is -0.182. The average molecular weight is 279 g/mol. The first kappa shape index (κ1) is 16.0. The lowest BCUT2D eigenvalue weighted by Gasteiger charge is -2.11. The Balaban J connectivity index is 2.67. The van der Waals surface area contributed by atoms with Crippen molar-refractivity contribution in [1.82, 2.24) is 0 Å². The fraction of sp³-hybridized carbons (Fsp3) is 0.429. The number of methoxy groups -OCH3 is 1. The molecule has 5 N–H and O–H groups in total. The maximum atomic E-state index is 11.8. The van der Waals surface area contributed by atoms with E-state index in [0.29, 0.717) is 30.0 Å². The van der Waals surface area contributed by atoms with Gasteiger partial charge in [-0.05, 0) is 37.6 Å². The fourth-order valence-electron chi connectivity index (χ4n) is 1.78. The van der Waals surface area contributed by atoms with Gasteiger partial charge in [-0.3, -0.25) is 9.59 Å². The molecule has 0 aliphatic heterocycles. The summed E-state index contributed by atoms with van der Waals surface area (Å²) in [6.07, 6.45) is 3.01. The molecule has 0 bridgehead atoms. The van der Waals surface area contributed by atoms with Crippen molar-refractivity contribution < 1.29 is 14.3 Å². The summed E-state index contributed by atoms with van der Waals surface area (Å²) in [5.41, 5.74) is 11.4. The summed E-state index contributed by atoms with van der Waals surface area (Å²) in [5, 5.41) is 2.73. The quantitative estimate of drug-likeness (QED) is 0.622. The van der Waals surface area contributed by atoms with Crippen LogP contribution in [-0.4, -0.2) is 25.5 Å². The minimum atomic E-state index is -0.550. The van der Waals surface area contributed by atoms with Gasteiger partial charge in [0, 0.05) is 12.0 Å². The van der Waals surface area contributed by atoms with E-state index in [1.807, 2.05) is 0 Å². The van der Waals surface area contributed by atoms with Crippen LogP contribution in [0, 0.1) is 0 Å². The van der Waals surface area contributed by atoms with Gasteiger partial charge in [0.1, 0.15) is 5.75 Å². The molecule has 1 aromatic carbocycles. The molecule has 0 spiro atoms. The first-order chi connectivity index (χ1) is 9.58. The second-order valence-electron chi connectivity index (χ2n) is 4.43. The molecule has 0 saturated heterocycles. The van der Waals surface area contributed by atoms with Crippen molar-refractivity contribution in [3.8, 4) is 5.75 Å². The van der Waals surface area contributed by atoms with Crippen molar-refractivity contribution in [1.29, 1.82) is 0 Å². The van der Waals surface area contributed by atoms with Crippen molar-refractivity contribution in [3.05, 3.63) is 23.8 Å². The highest BCUT2D eigenvalue weighted by Gasteiger charge is 2.10. The maximum absolute atomic E-state index is 11.8. The molecule has 0 aliphatic carbocycles. The van der Waals surface area contributed by atoms with Crippen LogP contribution in [0.5, 0.6) is 5.75 Å². The Bertz CT molecular complexity index is 475. The average Bonchev–Trinajstić information content (AvgIpc) is 2.43. The smallest absolute Gasteiger partial charge is 0.248 e. The number of hydrogen-bond acceptors (Lipinski definition) is 4.